The fourth-order valence-corrected chi connectivity index (χ4v) is 15.0. The number of ether oxygens (including phenoxy) is 4. The third-order valence-electron chi connectivity index (χ3n) is 20.2. The molecular formula is C86H168O17P2. The van der Waals surface area contributed by atoms with E-state index in [2.05, 4.69) is 41.5 Å². The number of phosphoric ester groups is 2. The molecule has 2 unspecified atom stereocenters. The highest BCUT2D eigenvalue weighted by atomic mass is 31.2. The molecule has 0 aromatic carbocycles. The van der Waals surface area contributed by atoms with Crippen molar-refractivity contribution in [2.24, 2.45) is 11.8 Å². The van der Waals surface area contributed by atoms with Crippen molar-refractivity contribution in [1.82, 2.24) is 0 Å². The summed E-state index contributed by atoms with van der Waals surface area (Å²) in [5, 5.41) is 10.7. The molecule has 0 radical (unpaired) electrons. The Morgan fingerprint density at radius 3 is 0.648 bits per heavy atom. The van der Waals surface area contributed by atoms with Gasteiger partial charge in [0.1, 0.15) is 19.3 Å². The summed E-state index contributed by atoms with van der Waals surface area (Å²) in [7, 11) is -9.93. The molecule has 0 rings (SSSR count). The summed E-state index contributed by atoms with van der Waals surface area (Å²) in [4.78, 5) is 73.1. The second-order valence-electron chi connectivity index (χ2n) is 31.9. The van der Waals surface area contributed by atoms with E-state index >= 15 is 0 Å². The molecule has 0 fully saturated rings. The topological polar surface area (TPSA) is 237 Å². The van der Waals surface area contributed by atoms with Crippen LogP contribution in [0.5, 0.6) is 0 Å². The van der Waals surface area contributed by atoms with Crippen molar-refractivity contribution < 1.29 is 80.2 Å². The summed E-state index contributed by atoms with van der Waals surface area (Å²) in [6.45, 7) is 9.57. The number of aliphatic hydroxyl groups is 1. The Morgan fingerprint density at radius 1 is 0.257 bits per heavy atom. The molecule has 0 spiro atoms. The molecular weight excluding hydrogens is 1370 g/mol. The standard InChI is InChI=1S/C86H168O17P2/c1-7-9-11-13-15-17-19-21-23-25-27-29-31-33-35-37-41-45-49-56-62-68-83(88)96-74-81(102-85(90)70-64-58-50-46-42-38-36-34-32-30-28-26-24-22-20-18-16-14-12-10-8-2)76-100-104(92,93)98-72-80(87)73-99-105(94,95)101-77-82(75-97-84(89)69-63-57-53-52-55-61-67-79(5)6)103-86(91)71-65-59-51-47-43-39-40-44-48-54-60-66-78(3)4/h78-82,87H,7-77H2,1-6H3,(H,92,93)(H,94,95)/t80-,81-,82-/m1/s1. The highest BCUT2D eigenvalue weighted by Crippen LogP contribution is 2.45. The monoisotopic (exact) mass is 1540 g/mol. The lowest BCUT2D eigenvalue weighted by Gasteiger charge is -2.21. The second kappa shape index (κ2) is 77.4. The predicted octanol–water partition coefficient (Wildman–Crippen LogP) is 26.2. The molecule has 624 valence electrons. The zero-order valence-electron chi connectivity index (χ0n) is 69.0. The van der Waals surface area contributed by atoms with Crippen LogP contribution in [0.4, 0.5) is 0 Å². The van der Waals surface area contributed by atoms with E-state index in [4.69, 9.17) is 37.0 Å². The first-order valence-electron chi connectivity index (χ1n) is 44.5. The first-order valence-corrected chi connectivity index (χ1v) is 47.5. The average Bonchev–Trinajstić information content (AvgIpc) is 1.05. The zero-order chi connectivity index (χ0) is 77.1. The van der Waals surface area contributed by atoms with Crippen molar-refractivity contribution in [2.75, 3.05) is 39.6 Å². The van der Waals surface area contributed by atoms with Gasteiger partial charge in [0.05, 0.1) is 26.4 Å². The number of aliphatic hydroxyl groups excluding tert-OH is 1. The van der Waals surface area contributed by atoms with Gasteiger partial charge in [-0.15, -0.1) is 0 Å². The Balaban J connectivity index is 5.19. The molecule has 0 aliphatic heterocycles. The number of hydrogen-bond donors (Lipinski definition) is 3. The SMILES string of the molecule is CCCCCCCCCCCCCCCCCCCCCCCC(=O)OC[C@H](COP(=O)(O)OC[C@@H](O)COP(=O)(O)OC[C@@H](COC(=O)CCCCCCCCC(C)C)OC(=O)CCCCCCCCCCCCCC(C)C)OC(=O)CCCCCCCCCCCCCCCCCCCCCCC. The Hall–Kier alpha value is -1.94. The minimum absolute atomic E-state index is 0.106. The minimum atomic E-state index is -4.97. The molecule has 19 heteroatoms. The lowest BCUT2D eigenvalue weighted by Crippen LogP contribution is -2.30. The predicted molar refractivity (Wildman–Crippen MR) is 432 cm³/mol. The number of phosphoric acid groups is 2. The largest absolute Gasteiger partial charge is 0.472 e. The minimum Gasteiger partial charge on any atom is -0.462 e. The number of esters is 4. The van der Waals surface area contributed by atoms with E-state index in [-0.39, 0.29) is 25.7 Å². The van der Waals surface area contributed by atoms with Gasteiger partial charge in [-0.1, -0.05) is 408 Å². The van der Waals surface area contributed by atoms with Gasteiger partial charge in [0.15, 0.2) is 12.2 Å². The molecule has 0 aromatic heterocycles. The van der Waals surface area contributed by atoms with E-state index in [1.807, 2.05) is 0 Å². The molecule has 0 bridgehead atoms. The third-order valence-corrected chi connectivity index (χ3v) is 22.1. The number of carbonyl (C=O) groups is 4. The van der Waals surface area contributed by atoms with Crippen molar-refractivity contribution in [1.29, 1.82) is 0 Å². The van der Waals surface area contributed by atoms with Gasteiger partial charge in [-0.2, -0.15) is 0 Å². The van der Waals surface area contributed by atoms with Gasteiger partial charge in [-0.05, 0) is 37.5 Å². The van der Waals surface area contributed by atoms with Crippen LogP contribution in [0.1, 0.15) is 459 Å². The fraction of sp³-hybridized carbons (Fsp3) is 0.953. The average molecular weight is 1540 g/mol. The van der Waals surface area contributed by atoms with Gasteiger partial charge in [-0.3, -0.25) is 37.3 Å². The Labute approximate surface area is 645 Å². The van der Waals surface area contributed by atoms with E-state index in [0.717, 1.165) is 102 Å². The van der Waals surface area contributed by atoms with Crippen LogP contribution in [0.15, 0.2) is 0 Å². The van der Waals surface area contributed by atoms with Gasteiger partial charge in [0, 0.05) is 25.7 Å². The molecule has 3 N–H and O–H groups in total. The van der Waals surface area contributed by atoms with Crippen molar-refractivity contribution >= 4 is 39.5 Å². The molecule has 0 amide bonds. The number of unbranched alkanes of at least 4 members (excludes halogenated alkanes) is 55. The maximum Gasteiger partial charge on any atom is 0.472 e. The molecule has 0 heterocycles. The quantitative estimate of drug-likeness (QED) is 0.0222. The molecule has 5 atom stereocenters. The van der Waals surface area contributed by atoms with E-state index in [1.165, 1.54) is 270 Å². The van der Waals surface area contributed by atoms with Crippen LogP contribution in [0.2, 0.25) is 0 Å². The fourth-order valence-electron chi connectivity index (χ4n) is 13.4. The Kier molecular flexibility index (Phi) is 76.0. The Bertz CT molecular complexity index is 2010. The van der Waals surface area contributed by atoms with Crippen molar-refractivity contribution in [3.05, 3.63) is 0 Å². The van der Waals surface area contributed by atoms with Crippen LogP contribution in [-0.4, -0.2) is 96.7 Å². The molecule has 0 saturated heterocycles. The third kappa shape index (κ3) is 79.9. The van der Waals surface area contributed by atoms with Crippen LogP contribution in [0.3, 0.4) is 0 Å². The Morgan fingerprint density at radius 2 is 0.438 bits per heavy atom. The summed E-state index contributed by atoms with van der Waals surface area (Å²) in [6.07, 6.45) is 69.8. The molecule has 0 aromatic rings. The molecule has 17 nitrogen and oxygen atoms in total. The maximum atomic E-state index is 13.1. The summed E-state index contributed by atoms with van der Waals surface area (Å²) in [5.41, 5.74) is 0. The van der Waals surface area contributed by atoms with E-state index in [0.29, 0.717) is 31.6 Å². The second-order valence-corrected chi connectivity index (χ2v) is 34.8. The molecule has 0 aliphatic carbocycles. The first kappa shape index (κ1) is 103. The summed E-state index contributed by atoms with van der Waals surface area (Å²) in [5.74, 6) is -0.663. The summed E-state index contributed by atoms with van der Waals surface area (Å²) < 4.78 is 68.8. The first-order chi connectivity index (χ1) is 50.9. The molecule has 105 heavy (non-hydrogen) atoms. The van der Waals surface area contributed by atoms with Gasteiger partial charge in [0.25, 0.3) is 0 Å². The van der Waals surface area contributed by atoms with Crippen LogP contribution in [0.25, 0.3) is 0 Å². The lowest BCUT2D eigenvalue weighted by molar-refractivity contribution is -0.161. The number of hydrogen-bond acceptors (Lipinski definition) is 15. The zero-order valence-corrected chi connectivity index (χ0v) is 70.8. The summed E-state index contributed by atoms with van der Waals surface area (Å²) in [6, 6.07) is 0. The number of carbonyl (C=O) groups excluding carboxylic acids is 4. The van der Waals surface area contributed by atoms with E-state index < -0.39 is 97.5 Å². The summed E-state index contributed by atoms with van der Waals surface area (Å²) >= 11 is 0. The van der Waals surface area contributed by atoms with Crippen LogP contribution in [-0.2, 0) is 65.4 Å². The maximum absolute atomic E-state index is 13.1. The van der Waals surface area contributed by atoms with Crippen LogP contribution < -0.4 is 0 Å². The van der Waals surface area contributed by atoms with Crippen molar-refractivity contribution in [3.63, 3.8) is 0 Å². The van der Waals surface area contributed by atoms with Gasteiger partial charge >= 0.3 is 39.5 Å². The van der Waals surface area contributed by atoms with E-state index in [1.54, 1.807) is 0 Å². The molecule has 0 aliphatic rings. The number of rotatable bonds is 85. The van der Waals surface area contributed by atoms with Gasteiger partial charge in [-0.25, -0.2) is 9.13 Å². The molecule has 0 saturated carbocycles. The van der Waals surface area contributed by atoms with Crippen molar-refractivity contribution in [2.45, 2.75) is 477 Å². The van der Waals surface area contributed by atoms with Crippen molar-refractivity contribution in [3.8, 4) is 0 Å². The van der Waals surface area contributed by atoms with Gasteiger partial charge < -0.3 is 33.8 Å². The van der Waals surface area contributed by atoms with Crippen LogP contribution >= 0.6 is 15.6 Å². The highest BCUT2D eigenvalue weighted by Gasteiger charge is 2.30. The smallest absolute Gasteiger partial charge is 0.462 e. The highest BCUT2D eigenvalue weighted by molar-refractivity contribution is 7.47. The van der Waals surface area contributed by atoms with Gasteiger partial charge in [0.2, 0.25) is 0 Å². The normalized spacial score (nSPS) is 13.8. The van der Waals surface area contributed by atoms with Crippen LogP contribution in [0, 0.1) is 11.8 Å². The lowest BCUT2D eigenvalue weighted by atomic mass is 10.0. The van der Waals surface area contributed by atoms with E-state index in [9.17, 15) is 43.2 Å².